The van der Waals surface area contributed by atoms with Gasteiger partial charge in [-0.15, -0.1) is 0 Å². The van der Waals surface area contributed by atoms with Crippen molar-refractivity contribution in [3.63, 3.8) is 0 Å². The number of hydrogen-bond acceptors (Lipinski definition) is 6. The maximum absolute atomic E-state index is 12.2. The molecule has 0 saturated carbocycles. The van der Waals surface area contributed by atoms with Gasteiger partial charge in [0.05, 0.1) is 18.5 Å². The number of ether oxygens (including phenoxy) is 1. The molecule has 0 aliphatic rings. The van der Waals surface area contributed by atoms with E-state index in [9.17, 15) is 9.59 Å². The van der Waals surface area contributed by atoms with Crippen molar-refractivity contribution in [3.8, 4) is 5.75 Å². The van der Waals surface area contributed by atoms with Gasteiger partial charge in [-0.2, -0.15) is 0 Å². The Labute approximate surface area is 176 Å². The van der Waals surface area contributed by atoms with Crippen LogP contribution in [0.5, 0.6) is 5.75 Å². The number of carbonyl (C=O) groups is 2. The number of rotatable bonds is 10. The van der Waals surface area contributed by atoms with Crippen molar-refractivity contribution in [2.75, 3.05) is 25.2 Å². The average Bonchev–Trinajstić information content (AvgIpc) is 2.76. The van der Waals surface area contributed by atoms with Gasteiger partial charge in [0.25, 0.3) is 11.8 Å². The highest BCUT2D eigenvalue weighted by atomic mass is 16.5. The zero-order valence-corrected chi connectivity index (χ0v) is 17.4. The fourth-order valence-corrected chi connectivity index (χ4v) is 2.77. The van der Waals surface area contributed by atoms with Crippen LogP contribution in [-0.2, 0) is 11.2 Å². The molecule has 6 N–H and O–H groups in total. The lowest BCUT2D eigenvalue weighted by molar-refractivity contribution is -0.117. The molecule has 8 heteroatoms. The average molecular weight is 412 g/mol. The van der Waals surface area contributed by atoms with E-state index in [-0.39, 0.29) is 11.6 Å². The number of nitrogens with two attached hydrogens (primary N) is 2. The van der Waals surface area contributed by atoms with E-state index in [1.54, 1.807) is 18.2 Å². The highest BCUT2D eigenvalue weighted by Crippen LogP contribution is 2.29. The van der Waals surface area contributed by atoms with Crippen LogP contribution in [0.4, 0.5) is 5.69 Å². The van der Waals surface area contributed by atoms with Crippen LogP contribution in [0.25, 0.3) is 0 Å². The molecule has 8 nitrogen and oxygen atoms in total. The van der Waals surface area contributed by atoms with Crippen molar-refractivity contribution in [1.82, 2.24) is 10.6 Å². The zero-order chi connectivity index (χ0) is 21.9. The van der Waals surface area contributed by atoms with E-state index in [1.165, 1.54) is 23.8 Å². The normalized spacial score (nSPS) is 11.0. The van der Waals surface area contributed by atoms with Crippen LogP contribution in [0.3, 0.4) is 0 Å². The molecule has 0 radical (unpaired) electrons. The molecule has 0 spiro atoms. The van der Waals surface area contributed by atoms with Crippen LogP contribution in [0.1, 0.15) is 29.3 Å². The second-order valence-electron chi connectivity index (χ2n) is 6.55. The van der Waals surface area contributed by atoms with Crippen molar-refractivity contribution in [1.29, 1.82) is 0 Å². The third-order valence-corrected chi connectivity index (χ3v) is 4.32. The number of hydrazine groups is 1. The number of likely N-dealkylation sites (N-methyl/N-ethyl adjacent to an activating group) is 1. The fourth-order valence-electron chi connectivity index (χ4n) is 2.77. The van der Waals surface area contributed by atoms with Gasteiger partial charge in [-0.25, -0.2) is 5.84 Å². The number of nitrogens with one attached hydrogen (secondary N) is 2. The lowest BCUT2D eigenvalue weighted by Crippen LogP contribution is -2.31. The molecule has 0 atom stereocenters. The quantitative estimate of drug-likeness (QED) is 0.204. The summed E-state index contributed by atoms with van der Waals surface area (Å²) in [6.45, 7) is 2.80. The predicted octanol–water partition coefficient (Wildman–Crippen LogP) is 1.67. The first-order chi connectivity index (χ1) is 14.5. The maximum atomic E-state index is 12.2. The number of nitrogens with zero attached hydrogens (tertiary/aromatic N) is 1. The topological polar surface area (TPSA) is 123 Å². The van der Waals surface area contributed by atoms with Crippen LogP contribution in [0.15, 0.2) is 60.4 Å². The summed E-state index contributed by atoms with van der Waals surface area (Å²) in [6.07, 6.45) is 2.95. The van der Waals surface area contributed by atoms with Gasteiger partial charge in [-0.1, -0.05) is 30.3 Å². The molecule has 30 heavy (non-hydrogen) atoms. The fraction of sp³-hybridized carbons (Fsp3) is 0.273. The summed E-state index contributed by atoms with van der Waals surface area (Å²) < 4.78 is 5.95. The molecular formula is C22H29N5O3. The Morgan fingerprint density at radius 2 is 1.90 bits per heavy atom. The molecule has 0 unspecified atom stereocenters. The summed E-state index contributed by atoms with van der Waals surface area (Å²) in [5.41, 5.74) is 7.85. The molecule has 160 valence electrons. The van der Waals surface area contributed by atoms with E-state index < -0.39 is 5.91 Å². The SMILES string of the molecule is CCNC(=O)c1ccc(N(N)/C=C(\N)C(=O)NC)c(OCCCc2ccccc2)c1. The second kappa shape index (κ2) is 11.5. The van der Waals surface area contributed by atoms with Gasteiger partial charge in [0.2, 0.25) is 0 Å². The van der Waals surface area contributed by atoms with Gasteiger partial charge in [-0.3, -0.25) is 14.6 Å². The van der Waals surface area contributed by atoms with Crippen LogP contribution >= 0.6 is 0 Å². The molecule has 0 heterocycles. The summed E-state index contributed by atoms with van der Waals surface area (Å²) in [6, 6.07) is 15.0. The number of benzene rings is 2. The van der Waals surface area contributed by atoms with Crippen molar-refractivity contribution >= 4 is 17.5 Å². The molecule has 0 aliphatic heterocycles. The summed E-state index contributed by atoms with van der Waals surface area (Å²) in [5, 5.41) is 6.40. The van der Waals surface area contributed by atoms with E-state index in [0.29, 0.717) is 30.2 Å². The molecule has 0 saturated heterocycles. The molecule has 2 rings (SSSR count). The Hall–Kier alpha value is -3.52. The summed E-state index contributed by atoms with van der Waals surface area (Å²) in [4.78, 5) is 23.9. The highest BCUT2D eigenvalue weighted by Gasteiger charge is 2.14. The Balaban J connectivity index is 2.18. The zero-order valence-electron chi connectivity index (χ0n) is 17.4. The number of anilines is 1. The molecule has 0 fully saturated rings. The molecule has 0 bridgehead atoms. The Morgan fingerprint density at radius 3 is 2.57 bits per heavy atom. The van der Waals surface area contributed by atoms with Crippen molar-refractivity contribution in [2.45, 2.75) is 19.8 Å². The van der Waals surface area contributed by atoms with Gasteiger partial charge in [0, 0.05) is 19.2 Å². The third-order valence-electron chi connectivity index (χ3n) is 4.32. The summed E-state index contributed by atoms with van der Waals surface area (Å²) in [7, 11) is 1.48. The monoisotopic (exact) mass is 411 g/mol. The summed E-state index contributed by atoms with van der Waals surface area (Å²) in [5.74, 6) is 5.86. The maximum Gasteiger partial charge on any atom is 0.268 e. The van der Waals surface area contributed by atoms with E-state index >= 15 is 0 Å². The number of aryl methyl sites for hydroxylation is 1. The van der Waals surface area contributed by atoms with E-state index in [4.69, 9.17) is 16.3 Å². The first kappa shape index (κ1) is 22.8. The van der Waals surface area contributed by atoms with Crippen LogP contribution < -0.4 is 32.0 Å². The lowest BCUT2D eigenvalue weighted by Gasteiger charge is -2.20. The minimum absolute atomic E-state index is 0.0529. The van der Waals surface area contributed by atoms with Crippen molar-refractivity contribution < 1.29 is 14.3 Å². The van der Waals surface area contributed by atoms with Gasteiger partial charge in [-0.05, 0) is 43.5 Å². The molecule has 2 amide bonds. The van der Waals surface area contributed by atoms with Crippen LogP contribution in [0.2, 0.25) is 0 Å². The third kappa shape index (κ3) is 6.52. The molecular weight excluding hydrogens is 382 g/mol. The molecule has 2 aromatic rings. The van der Waals surface area contributed by atoms with Crippen molar-refractivity contribution in [3.05, 3.63) is 71.6 Å². The molecule has 0 aromatic heterocycles. The molecule has 0 aliphatic carbocycles. The minimum atomic E-state index is -0.449. The Morgan fingerprint density at radius 1 is 1.17 bits per heavy atom. The Bertz CT molecular complexity index is 884. The first-order valence-corrected chi connectivity index (χ1v) is 9.78. The number of carbonyl (C=O) groups excluding carboxylic acids is 2. The van der Waals surface area contributed by atoms with Crippen molar-refractivity contribution in [2.24, 2.45) is 11.6 Å². The number of hydrogen-bond donors (Lipinski definition) is 4. The predicted molar refractivity (Wildman–Crippen MR) is 118 cm³/mol. The minimum Gasteiger partial charge on any atom is -0.491 e. The largest absolute Gasteiger partial charge is 0.491 e. The molecule has 2 aromatic carbocycles. The lowest BCUT2D eigenvalue weighted by atomic mass is 10.1. The van der Waals surface area contributed by atoms with E-state index in [1.807, 2.05) is 25.1 Å². The standard InChI is InChI=1S/C22H29N5O3/c1-3-26-21(28)17-11-12-19(27(24)15-18(23)22(29)25-2)20(14-17)30-13-7-10-16-8-5-4-6-9-16/h4-6,8-9,11-12,14-15H,3,7,10,13,23-24H2,1-2H3,(H,25,29)(H,26,28)/b18-15-. The first-order valence-electron chi connectivity index (χ1n) is 9.78. The van der Waals surface area contributed by atoms with E-state index in [2.05, 4.69) is 22.8 Å². The van der Waals surface area contributed by atoms with E-state index in [0.717, 1.165) is 12.8 Å². The smallest absolute Gasteiger partial charge is 0.268 e. The van der Waals surface area contributed by atoms with Crippen LogP contribution in [0, 0.1) is 0 Å². The van der Waals surface area contributed by atoms with Gasteiger partial charge in [0.1, 0.15) is 11.4 Å². The Kier molecular flexibility index (Phi) is 8.71. The summed E-state index contributed by atoms with van der Waals surface area (Å²) >= 11 is 0. The highest BCUT2D eigenvalue weighted by molar-refractivity contribution is 5.95. The van der Waals surface area contributed by atoms with Gasteiger partial charge >= 0.3 is 0 Å². The van der Waals surface area contributed by atoms with Gasteiger partial charge in [0.15, 0.2) is 0 Å². The second-order valence-corrected chi connectivity index (χ2v) is 6.55. The van der Waals surface area contributed by atoms with Crippen LogP contribution in [-0.4, -0.2) is 32.0 Å². The van der Waals surface area contributed by atoms with Gasteiger partial charge < -0.3 is 21.1 Å². The number of amides is 2.